The fourth-order valence-corrected chi connectivity index (χ4v) is 2.69. The highest BCUT2D eigenvalue weighted by Gasteiger charge is 2.17. The summed E-state index contributed by atoms with van der Waals surface area (Å²) in [6.07, 6.45) is 1.90. The number of hydrogen-bond donors (Lipinski definition) is 3. The van der Waals surface area contributed by atoms with Gasteiger partial charge in [-0.25, -0.2) is 4.79 Å². The summed E-state index contributed by atoms with van der Waals surface area (Å²) in [6, 6.07) is 11.3. The Morgan fingerprint density at radius 1 is 1.08 bits per heavy atom. The second-order valence-corrected chi connectivity index (χ2v) is 5.58. The fourth-order valence-electron chi connectivity index (χ4n) is 2.69. The van der Waals surface area contributed by atoms with E-state index in [1.165, 1.54) is 6.07 Å². The fraction of sp³-hybridized carbons (Fsp3) is 0.167. The molecule has 3 rings (SSSR count). The Bertz CT molecular complexity index is 830. The Hall–Kier alpha value is -3.15. The van der Waals surface area contributed by atoms with E-state index in [0.29, 0.717) is 18.4 Å². The lowest BCUT2D eigenvalue weighted by Crippen LogP contribution is -2.15. The van der Waals surface area contributed by atoms with Crippen molar-refractivity contribution < 1.29 is 19.5 Å². The average Bonchev–Trinajstić information content (AvgIpc) is 2.74. The standard InChI is InChI=1S/C18H16N2O4/c21-16-7-3-4-11-10-12(8-9-14(11)19-16)17(22)20-15-6-2-1-5-13(15)18(23)24/h1-2,5-6,8-10H,3-4,7H2,(H,19,21)(H,20,22)(H,23,24). The first kappa shape index (κ1) is 15.7. The third-order valence-corrected chi connectivity index (χ3v) is 3.90. The number of aromatic carboxylic acids is 1. The molecule has 0 fully saturated rings. The lowest BCUT2D eigenvalue weighted by Gasteiger charge is -2.11. The van der Waals surface area contributed by atoms with Crippen molar-refractivity contribution in [2.24, 2.45) is 0 Å². The van der Waals surface area contributed by atoms with Gasteiger partial charge >= 0.3 is 5.97 Å². The molecule has 24 heavy (non-hydrogen) atoms. The number of rotatable bonds is 3. The molecule has 2 aromatic rings. The van der Waals surface area contributed by atoms with Gasteiger partial charge in [0.15, 0.2) is 0 Å². The first-order valence-corrected chi connectivity index (χ1v) is 7.61. The lowest BCUT2D eigenvalue weighted by molar-refractivity contribution is -0.116. The van der Waals surface area contributed by atoms with Crippen molar-refractivity contribution in [1.82, 2.24) is 0 Å². The number of amides is 2. The maximum atomic E-state index is 12.4. The predicted octanol–water partition coefficient (Wildman–Crippen LogP) is 2.91. The van der Waals surface area contributed by atoms with Gasteiger partial charge in [0.05, 0.1) is 11.3 Å². The first-order valence-electron chi connectivity index (χ1n) is 7.61. The Balaban J connectivity index is 1.85. The van der Waals surface area contributed by atoms with Gasteiger partial charge in [-0.3, -0.25) is 9.59 Å². The molecular weight excluding hydrogens is 308 g/mol. The van der Waals surface area contributed by atoms with Crippen LogP contribution in [-0.4, -0.2) is 22.9 Å². The SMILES string of the molecule is O=C1CCCc2cc(C(=O)Nc3ccccc3C(=O)O)ccc2N1. The van der Waals surface area contributed by atoms with Crippen LogP contribution in [0, 0.1) is 0 Å². The molecule has 0 aromatic heterocycles. The Morgan fingerprint density at radius 3 is 2.67 bits per heavy atom. The van der Waals surface area contributed by atoms with Crippen LogP contribution in [0.1, 0.15) is 39.1 Å². The van der Waals surface area contributed by atoms with Crippen molar-refractivity contribution in [1.29, 1.82) is 0 Å². The summed E-state index contributed by atoms with van der Waals surface area (Å²) < 4.78 is 0. The molecule has 3 N–H and O–H groups in total. The predicted molar refractivity (Wildman–Crippen MR) is 89.4 cm³/mol. The van der Waals surface area contributed by atoms with Crippen LogP contribution in [-0.2, 0) is 11.2 Å². The molecule has 1 heterocycles. The van der Waals surface area contributed by atoms with Crippen LogP contribution in [0.15, 0.2) is 42.5 Å². The first-order chi connectivity index (χ1) is 11.5. The van der Waals surface area contributed by atoms with E-state index in [4.69, 9.17) is 0 Å². The Kier molecular flexibility index (Phi) is 4.29. The van der Waals surface area contributed by atoms with E-state index in [1.54, 1.807) is 36.4 Å². The second kappa shape index (κ2) is 6.54. The van der Waals surface area contributed by atoms with Crippen molar-refractivity contribution in [2.45, 2.75) is 19.3 Å². The van der Waals surface area contributed by atoms with Gasteiger partial charge in [0, 0.05) is 17.7 Å². The molecule has 0 radical (unpaired) electrons. The van der Waals surface area contributed by atoms with E-state index in [9.17, 15) is 19.5 Å². The molecule has 0 spiro atoms. The molecule has 1 aliphatic rings. The summed E-state index contributed by atoms with van der Waals surface area (Å²) >= 11 is 0. The van der Waals surface area contributed by atoms with Gasteiger partial charge in [-0.05, 0) is 48.7 Å². The number of benzene rings is 2. The third kappa shape index (κ3) is 3.27. The number of nitrogens with one attached hydrogen (secondary N) is 2. The summed E-state index contributed by atoms with van der Waals surface area (Å²) in [4.78, 5) is 35.2. The normalized spacial score (nSPS) is 13.4. The zero-order valence-electron chi connectivity index (χ0n) is 12.8. The minimum absolute atomic E-state index is 0.0265. The number of para-hydroxylation sites is 1. The number of carbonyl (C=O) groups excluding carboxylic acids is 2. The molecule has 2 aromatic carbocycles. The monoisotopic (exact) mass is 324 g/mol. The number of anilines is 2. The van der Waals surface area contributed by atoms with Crippen LogP contribution in [0.3, 0.4) is 0 Å². The van der Waals surface area contributed by atoms with E-state index in [0.717, 1.165) is 17.7 Å². The van der Waals surface area contributed by atoms with E-state index in [1.807, 2.05) is 0 Å². The number of carboxylic acid groups (broad SMARTS) is 1. The van der Waals surface area contributed by atoms with Gasteiger partial charge in [0.25, 0.3) is 5.91 Å². The number of carbonyl (C=O) groups is 3. The average molecular weight is 324 g/mol. The molecule has 0 bridgehead atoms. The van der Waals surface area contributed by atoms with Crippen LogP contribution >= 0.6 is 0 Å². The Labute approximate surface area is 138 Å². The highest BCUT2D eigenvalue weighted by atomic mass is 16.4. The number of fused-ring (bicyclic) bond motifs is 1. The molecule has 0 unspecified atom stereocenters. The molecule has 0 saturated carbocycles. The van der Waals surface area contributed by atoms with Crippen molar-refractivity contribution in [2.75, 3.05) is 10.6 Å². The van der Waals surface area contributed by atoms with Gasteiger partial charge in [-0.2, -0.15) is 0 Å². The molecule has 122 valence electrons. The minimum Gasteiger partial charge on any atom is -0.478 e. The number of aryl methyl sites for hydroxylation is 1. The van der Waals surface area contributed by atoms with Crippen LogP contribution in [0.25, 0.3) is 0 Å². The van der Waals surface area contributed by atoms with Crippen LogP contribution < -0.4 is 10.6 Å². The largest absolute Gasteiger partial charge is 0.478 e. The topological polar surface area (TPSA) is 95.5 Å². The summed E-state index contributed by atoms with van der Waals surface area (Å²) in [7, 11) is 0. The van der Waals surface area contributed by atoms with Gasteiger partial charge in [0.2, 0.25) is 5.91 Å². The van der Waals surface area contributed by atoms with Crippen molar-refractivity contribution in [3.8, 4) is 0 Å². The van der Waals surface area contributed by atoms with Gasteiger partial charge in [-0.1, -0.05) is 12.1 Å². The third-order valence-electron chi connectivity index (χ3n) is 3.90. The molecule has 6 nitrogen and oxygen atoms in total. The summed E-state index contributed by atoms with van der Waals surface area (Å²) in [5.74, 6) is -1.51. The van der Waals surface area contributed by atoms with Crippen molar-refractivity contribution in [3.63, 3.8) is 0 Å². The second-order valence-electron chi connectivity index (χ2n) is 5.58. The molecule has 0 atom stereocenters. The molecule has 6 heteroatoms. The highest BCUT2D eigenvalue weighted by molar-refractivity contribution is 6.08. The molecular formula is C18H16N2O4. The maximum Gasteiger partial charge on any atom is 0.337 e. The Morgan fingerprint density at radius 2 is 1.88 bits per heavy atom. The van der Waals surface area contributed by atoms with E-state index in [2.05, 4.69) is 10.6 Å². The molecule has 0 saturated heterocycles. The van der Waals surface area contributed by atoms with Crippen molar-refractivity contribution in [3.05, 3.63) is 59.2 Å². The van der Waals surface area contributed by atoms with Gasteiger partial charge in [0.1, 0.15) is 0 Å². The quantitative estimate of drug-likeness (QED) is 0.809. The highest BCUT2D eigenvalue weighted by Crippen LogP contribution is 2.24. The number of hydrogen-bond acceptors (Lipinski definition) is 3. The summed E-state index contributed by atoms with van der Waals surface area (Å²) in [5, 5.41) is 14.6. The summed E-state index contributed by atoms with van der Waals surface area (Å²) in [6.45, 7) is 0. The molecule has 0 aliphatic carbocycles. The van der Waals surface area contributed by atoms with Crippen LogP contribution in [0.5, 0.6) is 0 Å². The lowest BCUT2D eigenvalue weighted by atomic mass is 10.0. The zero-order chi connectivity index (χ0) is 17.1. The zero-order valence-corrected chi connectivity index (χ0v) is 12.8. The van der Waals surface area contributed by atoms with E-state index in [-0.39, 0.29) is 23.1 Å². The summed E-state index contributed by atoms with van der Waals surface area (Å²) in [5.41, 5.74) is 2.33. The smallest absolute Gasteiger partial charge is 0.337 e. The van der Waals surface area contributed by atoms with Crippen LogP contribution in [0.2, 0.25) is 0 Å². The van der Waals surface area contributed by atoms with Gasteiger partial charge in [-0.15, -0.1) is 0 Å². The molecule has 2 amide bonds. The van der Waals surface area contributed by atoms with E-state index < -0.39 is 5.97 Å². The maximum absolute atomic E-state index is 12.4. The van der Waals surface area contributed by atoms with Crippen molar-refractivity contribution >= 4 is 29.2 Å². The minimum atomic E-state index is -1.10. The van der Waals surface area contributed by atoms with Gasteiger partial charge < -0.3 is 15.7 Å². The molecule has 1 aliphatic heterocycles. The van der Waals surface area contributed by atoms with Crippen LogP contribution in [0.4, 0.5) is 11.4 Å². The van der Waals surface area contributed by atoms with E-state index >= 15 is 0 Å². The number of carboxylic acids is 1.